The van der Waals surface area contributed by atoms with E-state index in [9.17, 15) is 35.1 Å². The molecule has 2 fully saturated rings. The maximum Gasteiger partial charge on any atom is 0.256 e. The maximum atomic E-state index is 15.8. The van der Waals surface area contributed by atoms with Crippen molar-refractivity contribution in [3.63, 3.8) is 0 Å². The Morgan fingerprint density at radius 2 is 1.70 bits per heavy atom. The average Bonchev–Trinajstić information content (AvgIpc) is 3.34. The van der Waals surface area contributed by atoms with E-state index in [2.05, 4.69) is 5.32 Å². The molecule has 0 radical (unpaired) electrons. The highest BCUT2D eigenvalue weighted by Crippen LogP contribution is 2.47. The van der Waals surface area contributed by atoms with Crippen LogP contribution in [-0.2, 0) is 38.4 Å². The van der Waals surface area contributed by atoms with Crippen LogP contribution in [0.5, 0.6) is 0 Å². The second-order valence-corrected chi connectivity index (χ2v) is 17.1. The van der Waals surface area contributed by atoms with Gasteiger partial charge < -0.3 is 49.3 Å². The quantitative estimate of drug-likeness (QED) is 0.173. The van der Waals surface area contributed by atoms with Crippen molar-refractivity contribution < 1.29 is 48.7 Å². The van der Waals surface area contributed by atoms with Crippen molar-refractivity contribution in [2.75, 3.05) is 11.9 Å². The van der Waals surface area contributed by atoms with Gasteiger partial charge in [0.1, 0.15) is 18.3 Å². The Kier molecular flexibility index (Phi) is 10.6. The highest BCUT2D eigenvalue weighted by atomic mass is 28.4. The summed E-state index contributed by atoms with van der Waals surface area (Å²) in [6, 6.07) is 14.5. The summed E-state index contributed by atoms with van der Waals surface area (Å²) < 4.78 is 27.2. The number of aliphatic hydroxyl groups is 5. The fraction of sp³-hybridized carbons (Fsp3) is 0.576. The third-order valence-electron chi connectivity index (χ3n) is 9.72. The molecular weight excluding hydrogens is 615 g/mol. The largest absolute Gasteiger partial charge is 0.394 e. The van der Waals surface area contributed by atoms with Gasteiger partial charge in [-0.3, -0.25) is 9.59 Å². The van der Waals surface area contributed by atoms with Crippen molar-refractivity contribution in [3.05, 3.63) is 65.2 Å². The lowest BCUT2D eigenvalue weighted by Crippen LogP contribution is -2.60. The van der Waals surface area contributed by atoms with Gasteiger partial charge in [-0.1, -0.05) is 43.3 Å². The number of nitrogens with zero attached hydrogens (tertiary/aromatic N) is 1. The number of rotatable bonds is 9. The molecule has 2 saturated heterocycles. The first-order chi connectivity index (χ1) is 21.8. The van der Waals surface area contributed by atoms with Crippen molar-refractivity contribution in [1.82, 2.24) is 4.90 Å². The third-order valence-corrected chi connectivity index (χ3v) is 12.2. The van der Waals surface area contributed by atoms with Gasteiger partial charge in [0.25, 0.3) is 5.91 Å². The Labute approximate surface area is 269 Å². The van der Waals surface area contributed by atoms with Crippen molar-refractivity contribution in [3.8, 4) is 0 Å². The number of anilines is 1. The van der Waals surface area contributed by atoms with E-state index < -0.39 is 51.1 Å². The lowest BCUT2D eigenvalue weighted by molar-refractivity contribution is -0.274. The van der Waals surface area contributed by atoms with Gasteiger partial charge >= 0.3 is 0 Å². The zero-order valence-corrected chi connectivity index (χ0v) is 27.3. The predicted octanol–water partition coefficient (Wildman–Crippen LogP) is 1.64. The SMILES string of the molecule is C[C@@H]1[C@@H]([Si](C)(C)F)[C@H](CC(=O)N2Cc3ccccc3C[C@H]2CO)O[C@@H]1CCc1cccc(NC(=O)[C@H]2O[C@@H](O)[C@H](O)[C@@H](O)[C@@H]2O)c1. The number of fused-ring (bicyclic) bond motifs is 1. The minimum atomic E-state index is -3.24. The Bertz CT molecular complexity index is 1390. The number of carbonyl (C=O) groups is 2. The molecule has 2 aromatic carbocycles. The predicted molar refractivity (Wildman–Crippen MR) is 169 cm³/mol. The van der Waals surface area contributed by atoms with E-state index in [1.54, 1.807) is 36.2 Å². The van der Waals surface area contributed by atoms with Crippen LogP contribution in [0.2, 0.25) is 18.6 Å². The molecule has 0 bridgehead atoms. The van der Waals surface area contributed by atoms with Crippen molar-refractivity contribution in [2.24, 2.45) is 5.92 Å². The molecule has 5 rings (SSSR count). The summed E-state index contributed by atoms with van der Waals surface area (Å²) in [5.74, 6) is -1.07. The molecule has 0 saturated carbocycles. The van der Waals surface area contributed by atoms with E-state index in [0.29, 0.717) is 31.5 Å². The van der Waals surface area contributed by atoms with E-state index in [4.69, 9.17) is 9.47 Å². The summed E-state index contributed by atoms with van der Waals surface area (Å²) in [6.45, 7) is 5.53. The number of ether oxygens (including phenoxy) is 2. The average molecular weight is 661 g/mol. The number of hydrogen-bond donors (Lipinski definition) is 6. The zero-order valence-electron chi connectivity index (χ0n) is 26.3. The maximum absolute atomic E-state index is 15.8. The Balaban J connectivity index is 1.22. The first-order valence-electron chi connectivity index (χ1n) is 15.9. The van der Waals surface area contributed by atoms with Crippen molar-refractivity contribution in [2.45, 2.75) is 107 Å². The Morgan fingerprint density at radius 3 is 2.39 bits per heavy atom. The van der Waals surface area contributed by atoms with Crippen LogP contribution in [0.15, 0.2) is 48.5 Å². The number of aryl methyl sites for hydroxylation is 1. The van der Waals surface area contributed by atoms with Crippen LogP contribution in [0.4, 0.5) is 9.80 Å². The summed E-state index contributed by atoms with van der Waals surface area (Å²) in [5, 5.41) is 52.2. The molecule has 252 valence electrons. The second-order valence-electron chi connectivity index (χ2n) is 13.3. The highest BCUT2D eigenvalue weighted by Gasteiger charge is 2.52. The third kappa shape index (κ3) is 7.36. The van der Waals surface area contributed by atoms with Crippen LogP contribution in [0, 0.1) is 5.92 Å². The topological polar surface area (TPSA) is 169 Å². The fourth-order valence-electron chi connectivity index (χ4n) is 7.31. The van der Waals surface area contributed by atoms with Gasteiger partial charge in [0, 0.05) is 17.8 Å². The molecule has 3 heterocycles. The lowest BCUT2D eigenvalue weighted by atomic mass is 9.93. The number of halogens is 1. The molecule has 13 heteroatoms. The van der Waals surface area contributed by atoms with Crippen LogP contribution < -0.4 is 5.32 Å². The number of carbonyl (C=O) groups excluding carboxylic acids is 2. The van der Waals surface area contributed by atoms with Gasteiger partial charge in [0.2, 0.25) is 14.3 Å². The Morgan fingerprint density at radius 1 is 0.978 bits per heavy atom. The molecule has 46 heavy (non-hydrogen) atoms. The normalized spacial score (nSPS) is 33.0. The van der Waals surface area contributed by atoms with E-state index in [0.717, 1.165) is 16.7 Å². The van der Waals surface area contributed by atoms with Crippen LogP contribution in [-0.4, -0.2) is 106 Å². The standard InChI is InChI=1S/C33H45FN2O9Si/c1-18-24(12-11-19-7-6-10-22(13-19)35-32(42)30-28(40)27(39)29(41)33(43)45-30)44-25(31(18)46(2,3)34)15-26(38)36-16-21-9-5-4-8-20(21)14-23(36)17-37/h4-10,13,18,23-25,27-31,33,37,39-41,43H,11-12,14-17H2,1-3H3,(H,35,42)/t18-,23-,24+,25-,27-,28-,29+,30-,31+,33+/m0/s1. The van der Waals surface area contributed by atoms with Crippen LogP contribution in [0.3, 0.4) is 0 Å². The summed E-state index contributed by atoms with van der Waals surface area (Å²) in [5.41, 5.74) is 3.04. The number of amides is 2. The summed E-state index contributed by atoms with van der Waals surface area (Å²) in [6.07, 6.45) is -7.83. The fourth-order valence-corrected chi connectivity index (χ4v) is 9.86. The van der Waals surface area contributed by atoms with Crippen molar-refractivity contribution >= 4 is 25.9 Å². The highest BCUT2D eigenvalue weighted by molar-refractivity contribution is 6.72. The molecule has 10 atom stereocenters. The molecule has 3 aliphatic rings. The minimum absolute atomic E-state index is 0.0432. The smallest absolute Gasteiger partial charge is 0.256 e. The molecule has 0 aliphatic carbocycles. The van der Waals surface area contributed by atoms with Crippen LogP contribution >= 0.6 is 0 Å². The first-order valence-corrected chi connectivity index (χ1v) is 18.8. The summed E-state index contributed by atoms with van der Waals surface area (Å²) >= 11 is 0. The molecule has 0 aromatic heterocycles. The van der Waals surface area contributed by atoms with Gasteiger partial charge in [0.15, 0.2) is 12.4 Å². The number of benzene rings is 2. The molecule has 2 aromatic rings. The summed E-state index contributed by atoms with van der Waals surface area (Å²) in [7, 11) is -3.24. The van der Waals surface area contributed by atoms with Gasteiger partial charge in [-0.25, -0.2) is 0 Å². The van der Waals surface area contributed by atoms with Crippen LogP contribution in [0.1, 0.15) is 36.5 Å². The molecule has 2 amide bonds. The molecule has 6 N–H and O–H groups in total. The van der Waals surface area contributed by atoms with Crippen molar-refractivity contribution in [1.29, 1.82) is 0 Å². The van der Waals surface area contributed by atoms with Gasteiger partial charge in [-0.2, -0.15) is 0 Å². The number of nitrogens with one attached hydrogen (secondary N) is 1. The molecule has 0 unspecified atom stereocenters. The lowest BCUT2D eigenvalue weighted by Gasteiger charge is -2.37. The Hall–Kier alpha value is -2.75. The van der Waals surface area contributed by atoms with E-state index >= 15 is 4.11 Å². The monoisotopic (exact) mass is 660 g/mol. The van der Waals surface area contributed by atoms with E-state index in [1.807, 2.05) is 37.3 Å². The molecule has 3 aliphatic heterocycles. The molecule has 11 nitrogen and oxygen atoms in total. The van der Waals surface area contributed by atoms with E-state index in [1.165, 1.54) is 0 Å². The van der Waals surface area contributed by atoms with Crippen LogP contribution in [0.25, 0.3) is 0 Å². The number of hydrogen-bond acceptors (Lipinski definition) is 9. The molecular formula is C33H45FN2O9Si. The van der Waals surface area contributed by atoms with Gasteiger partial charge in [-0.15, -0.1) is 0 Å². The summed E-state index contributed by atoms with van der Waals surface area (Å²) in [4.78, 5) is 28.1. The van der Waals surface area contributed by atoms with E-state index in [-0.39, 0.29) is 42.5 Å². The minimum Gasteiger partial charge on any atom is -0.394 e. The second kappa shape index (κ2) is 14.2. The first kappa shape index (κ1) is 34.6. The van der Waals surface area contributed by atoms with Gasteiger partial charge in [-0.05, 0) is 67.1 Å². The zero-order chi connectivity index (χ0) is 33.3. The number of aliphatic hydroxyl groups excluding tert-OH is 5. The molecule has 0 spiro atoms. The van der Waals surface area contributed by atoms with Gasteiger partial charge in [0.05, 0.1) is 31.3 Å².